The number of hydrogen-bond donors (Lipinski definition) is 1. The number of carbonyl (C=O) groups excluding carboxylic acids is 2. The molecule has 0 atom stereocenters. The summed E-state index contributed by atoms with van der Waals surface area (Å²) in [5, 5.41) is 2.56. The smallest absolute Gasteiger partial charge is 0.387 e. The Kier molecular flexibility index (Phi) is 5.89. The molecule has 0 aliphatic rings. The molecule has 20 heavy (non-hydrogen) atoms. The Hall–Kier alpha value is -2.18. The van der Waals surface area contributed by atoms with Crippen LogP contribution in [0.3, 0.4) is 0 Å². The Morgan fingerprint density at radius 2 is 1.80 bits per heavy atom. The van der Waals surface area contributed by atoms with Crippen LogP contribution in [0.5, 0.6) is 5.75 Å². The molecule has 0 bridgehead atoms. The molecule has 1 aromatic rings. The lowest BCUT2D eigenvalue weighted by atomic mass is 10.2. The van der Waals surface area contributed by atoms with Crippen LogP contribution < -0.4 is 10.1 Å². The van der Waals surface area contributed by atoms with Gasteiger partial charge in [0.05, 0.1) is 5.56 Å². The van der Waals surface area contributed by atoms with Crippen molar-refractivity contribution in [3.63, 3.8) is 0 Å². The van der Waals surface area contributed by atoms with Crippen LogP contribution in [0, 0.1) is 0 Å². The maximum Gasteiger partial charge on any atom is 0.387 e. The highest BCUT2D eigenvalue weighted by Crippen LogP contribution is 2.15. The van der Waals surface area contributed by atoms with E-state index in [0.717, 1.165) is 0 Å². The predicted octanol–water partition coefficient (Wildman–Crippen LogP) is 1.97. The molecule has 1 N–H and O–H groups in total. The Morgan fingerprint density at radius 3 is 2.30 bits per heavy atom. The summed E-state index contributed by atoms with van der Waals surface area (Å²) in [6.45, 7) is 0.238. The van der Waals surface area contributed by atoms with Crippen LogP contribution in [0.25, 0.3) is 0 Å². The van der Waals surface area contributed by atoms with Gasteiger partial charge in [-0.25, -0.2) is 4.79 Å². The van der Waals surface area contributed by atoms with Crippen molar-refractivity contribution in [2.24, 2.45) is 0 Å². The molecular formula is C13H15F2NO4. The van der Waals surface area contributed by atoms with Crippen LogP contribution in [-0.2, 0) is 9.53 Å². The molecule has 0 aromatic heterocycles. The highest BCUT2D eigenvalue weighted by atomic mass is 19.3. The van der Waals surface area contributed by atoms with Crippen LogP contribution in [0.1, 0.15) is 24.2 Å². The first-order valence-electron chi connectivity index (χ1n) is 5.90. The van der Waals surface area contributed by atoms with E-state index in [4.69, 9.17) is 4.74 Å². The highest BCUT2D eigenvalue weighted by Gasteiger charge is 2.11. The quantitative estimate of drug-likeness (QED) is 0.812. The van der Waals surface area contributed by atoms with Gasteiger partial charge in [0.25, 0.3) is 5.91 Å². The second-order valence-corrected chi connectivity index (χ2v) is 4.20. The van der Waals surface area contributed by atoms with Crippen molar-refractivity contribution in [3.05, 3.63) is 29.8 Å². The van der Waals surface area contributed by atoms with E-state index >= 15 is 0 Å². The number of halogens is 2. The number of esters is 1. The van der Waals surface area contributed by atoms with Crippen molar-refractivity contribution in [1.82, 2.24) is 5.32 Å². The zero-order chi connectivity index (χ0) is 15.1. The van der Waals surface area contributed by atoms with E-state index in [1.54, 1.807) is 13.8 Å². The number of ether oxygens (including phenoxy) is 2. The highest BCUT2D eigenvalue weighted by molar-refractivity contribution is 5.91. The SMILES string of the molecule is CC(C)NC(=O)COC(=O)c1ccc(OC(F)F)cc1. The van der Waals surface area contributed by atoms with Gasteiger partial charge in [-0.05, 0) is 38.1 Å². The summed E-state index contributed by atoms with van der Waals surface area (Å²) >= 11 is 0. The number of rotatable bonds is 6. The Morgan fingerprint density at radius 1 is 1.20 bits per heavy atom. The molecule has 1 aromatic carbocycles. The number of benzene rings is 1. The van der Waals surface area contributed by atoms with Crippen LogP contribution >= 0.6 is 0 Å². The molecule has 7 heteroatoms. The fraction of sp³-hybridized carbons (Fsp3) is 0.385. The Balaban J connectivity index is 2.49. The predicted molar refractivity (Wildman–Crippen MR) is 66.6 cm³/mol. The number of carbonyl (C=O) groups is 2. The lowest BCUT2D eigenvalue weighted by Crippen LogP contribution is -2.33. The van der Waals surface area contributed by atoms with E-state index in [-0.39, 0.29) is 17.4 Å². The first-order valence-corrected chi connectivity index (χ1v) is 5.90. The number of amides is 1. The maximum absolute atomic E-state index is 11.9. The Labute approximate surface area is 114 Å². The van der Waals surface area contributed by atoms with Gasteiger partial charge in [0.1, 0.15) is 5.75 Å². The summed E-state index contributed by atoms with van der Waals surface area (Å²) in [5.74, 6) is -1.19. The van der Waals surface area contributed by atoms with E-state index in [1.165, 1.54) is 24.3 Å². The summed E-state index contributed by atoms with van der Waals surface area (Å²) in [6.07, 6.45) is 0. The molecule has 0 fully saturated rings. The number of alkyl halides is 2. The van der Waals surface area contributed by atoms with Crippen LogP contribution in [0.15, 0.2) is 24.3 Å². The third-order valence-electron chi connectivity index (χ3n) is 2.10. The fourth-order valence-corrected chi connectivity index (χ4v) is 1.35. The van der Waals surface area contributed by atoms with Gasteiger partial charge in [-0.15, -0.1) is 0 Å². The minimum atomic E-state index is -2.92. The molecule has 0 aliphatic heterocycles. The van der Waals surface area contributed by atoms with Gasteiger partial charge in [0.2, 0.25) is 0 Å². The van der Waals surface area contributed by atoms with Gasteiger partial charge in [0.15, 0.2) is 6.61 Å². The zero-order valence-electron chi connectivity index (χ0n) is 11.1. The summed E-state index contributed by atoms with van der Waals surface area (Å²) in [5.41, 5.74) is 0.143. The molecule has 0 heterocycles. The first-order chi connectivity index (χ1) is 9.38. The molecule has 0 saturated heterocycles. The second-order valence-electron chi connectivity index (χ2n) is 4.20. The second kappa shape index (κ2) is 7.42. The van der Waals surface area contributed by atoms with Crippen molar-refractivity contribution in [2.45, 2.75) is 26.5 Å². The van der Waals surface area contributed by atoms with Gasteiger partial charge in [-0.1, -0.05) is 0 Å². The normalized spacial score (nSPS) is 10.5. The summed E-state index contributed by atoms with van der Waals surface area (Å²) in [7, 11) is 0. The Bertz CT molecular complexity index is 460. The van der Waals surface area contributed by atoms with Crippen molar-refractivity contribution < 1.29 is 27.8 Å². The van der Waals surface area contributed by atoms with E-state index in [9.17, 15) is 18.4 Å². The van der Waals surface area contributed by atoms with Gasteiger partial charge >= 0.3 is 12.6 Å². The standard InChI is InChI=1S/C13H15F2NO4/c1-8(2)16-11(17)7-19-12(18)9-3-5-10(6-4-9)20-13(14)15/h3-6,8,13H,7H2,1-2H3,(H,16,17). The maximum atomic E-state index is 11.9. The van der Waals surface area contributed by atoms with Crippen LogP contribution in [0.4, 0.5) is 8.78 Å². The number of nitrogens with one attached hydrogen (secondary N) is 1. The molecule has 1 amide bonds. The van der Waals surface area contributed by atoms with Crippen molar-refractivity contribution >= 4 is 11.9 Å². The average molecular weight is 287 g/mol. The third-order valence-corrected chi connectivity index (χ3v) is 2.10. The molecule has 0 spiro atoms. The molecule has 1 rings (SSSR count). The lowest BCUT2D eigenvalue weighted by Gasteiger charge is -2.09. The fourth-order valence-electron chi connectivity index (χ4n) is 1.35. The topological polar surface area (TPSA) is 64.6 Å². The molecule has 5 nitrogen and oxygen atoms in total. The van der Waals surface area contributed by atoms with Crippen LogP contribution in [-0.4, -0.2) is 31.1 Å². The summed E-state index contributed by atoms with van der Waals surface area (Å²) in [6, 6.07) is 4.95. The molecule has 0 unspecified atom stereocenters. The monoisotopic (exact) mass is 287 g/mol. The third kappa shape index (κ3) is 5.64. The molecular weight excluding hydrogens is 272 g/mol. The zero-order valence-corrected chi connectivity index (χ0v) is 11.1. The minimum Gasteiger partial charge on any atom is -0.452 e. The first kappa shape index (κ1) is 15.9. The van der Waals surface area contributed by atoms with Gasteiger partial charge in [-0.2, -0.15) is 8.78 Å². The van der Waals surface area contributed by atoms with E-state index in [0.29, 0.717) is 0 Å². The van der Waals surface area contributed by atoms with E-state index < -0.39 is 25.1 Å². The number of hydrogen-bond acceptors (Lipinski definition) is 4. The van der Waals surface area contributed by atoms with Crippen molar-refractivity contribution in [3.8, 4) is 5.75 Å². The minimum absolute atomic E-state index is 0.0491. The van der Waals surface area contributed by atoms with Crippen molar-refractivity contribution in [1.29, 1.82) is 0 Å². The van der Waals surface area contributed by atoms with Gasteiger partial charge < -0.3 is 14.8 Å². The van der Waals surface area contributed by atoms with Gasteiger partial charge in [-0.3, -0.25) is 4.79 Å². The lowest BCUT2D eigenvalue weighted by molar-refractivity contribution is -0.124. The van der Waals surface area contributed by atoms with E-state index in [2.05, 4.69) is 10.1 Å². The van der Waals surface area contributed by atoms with E-state index in [1.807, 2.05) is 0 Å². The summed E-state index contributed by atoms with van der Waals surface area (Å²) in [4.78, 5) is 22.9. The molecule has 0 aliphatic carbocycles. The van der Waals surface area contributed by atoms with Gasteiger partial charge in [0, 0.05) is 6.04 Å². The summed E-state index contributed by atoms with van der Waals surface area (Å²) < 4.78 is 32.8. The largest absolute Gasteiger partial charge is 0.452 e. The van der Waals surface area contributed by atoms with Crippen molar-refractivity contribution in [2.75, 3.05) is 6.61 Å². The van der Waals surface area contributed by atoms with Crippen LogP contribution in [0.2, 0.25) is 0 Å². The molecule has 0 saturated carbocycles. The molecule has 0 radical (unpaired) electrons. The molecule has 110 valence electrons. The average Bonchev–Trinajstić information content (AvgIpc) is 2.35.